The smallest absolute Gasteiger partial charge is 0.310 e. The number of ether oxygens (including phenoxy) is 1. The van der Waals surface area contributed by atoms with Crippen LogP contribution in [-0.4, -0.2) is 24.7 Å². The van der Waals surface area contributed by atoms with Gasteiger partial charge in [0, 0.05) is 24.9 Å². The average Bonchev–Trinajstić information content (AvgIpc) is 3.33. The van der Waals surface area contributed by atoms with Gasteiger partial charge in [-0.2, -0.15) is 0 Å². The van der Waals surface area contributed by atoms with Crippen LogP contribution in [0.1, 0.15) is 70.5 Å². The molecule has 1 aliphatic heterocycles. The van der Waals surface area contributed by atoms with Crippen molar-refractivity contribution in [3.63, 3.8) is 0 Å². The maximum atomic E-state index is 12.8. The highest BCUT2D eigenvalue weighted by Crippen LogP contribution is 2.56. The van der Waals surface area contributed by atoms with Crippen molar-refractivity contribution in [1.82, 2.24) is 5.32 Å². The van der Waals surface area contributed by atoms with Crippen molar-refractivity contribution in [3.8, 4) is 0 Å². The number of hydrogen-bond acceptors (Lipinski definition) is 4. The first-order chi connectivity index (χ1) is 14.5. The first-order valence-electron chi connectivity index (χ1n) is 12.2. The summed E-state index contributed by atoms with van der Waals surface area (Å²) >= 11 is 0. The summed E-state index contributed by atoms with van der Waals surface area (Å²) in [6.45, 7) is 7.58. The number of furan rings is 1. The number of esters is 1. The largest absolute Gasteiger partial charge is 0.469 e. The minimum atomic E-state index is 0.000431. The van der Waals surface area contributed by atoms with Crippen LogP contribution in [0.25, 0.3) is 0 Å². The zero-order valence-electron chi connectivity index (χ0n) is 18.4. The molecule has 0 bridgehead atoms. The second-order valence-corrected chi connectivity index (χ2v) is 10.7. The molecular weight excluding hydrogens is 374 g/mol. The van der Waals surface area contributed by atoms with E-state index in [2.05, 4.69) is 24.9 Å². The number of carbonyl (C=O) groups excluding carboxylic acids is 1. The lowest BCUT2D eigenvalue weighted by molar-refractivity contribution is -0.146. The third-order valence-corrected chi connectivity index (χ3v) is 8.87. The van der Waals surface area contributed by atoms with Crippen LogP contribution in [0.3, 0.4) is 0 Å². The molecule has 7 atom stereocenters. The first kappa shape index (κ1) is 20.4. The first-order valence-corrected chi connectivity index (χ1v) is 12.2. The Bertz CT molecular complexity index is 771. The van der Waals surface area contributed by atoms with E-state index < -0.39 is 0 Å². The van der Waals surface area contributed by atoms with Crippen LogP contribution in [-0.2, 0) is 16.0 Å². The normalized spacial score (nSPS) is 41.2. The highest BCUT2D eigenvalue weighted by atomic mass is 16.6. The van der Waals surface area contributed by atoms with E-state index in [9.17, 15) is 4.79 Å². The maximum Gasteiger partial charge on any atom is 0.310 e. The zero-order chi connectivity index (χ0) is 20.7. The molecule has 3 saturated carbocycles. The molecule has 0 radical (unpaired) electrons. The molecule has 164 valence electrons. The molecule has 3 aliphatic carbocycles. The number of nitrogens with one attached hydrogen (secondary N) is 1. The predicted molar refractivity (Wildman–Crippen MR) is 117 cm³/mol. The van der Waals surface area contributed by atoms with Crippen molar-refractivity contribution in [2.24, 2.45) is 29.1 Å². The van der Waals surface area contributed by atoms with Crippen LogP contribution < -0.4 is 5.32 Å². The Balaban J connectivity index is 1.24. The minimum Gasteiger partial charge on any atom is -0.469 e. The molecule has 4 nitrogen and oxygen atoms in total. The SMILES string of the molecule is C=C1CCC[C@]2(C)C[C@H]3OC(=O)[C@H](CN[C@@H]4CCCC[C@H]4Cc4ccco4)[C@H]3C[C@@H]12. The van der Waals surface area contributed by atoms with Gasteiger partial charge in [-0.3, -0.25) is 4.79 Å². The van der Waals surface area contributed by atoms with E-state index in [1.54, 1.807) is 6.26 Å². The third-order valence-electron chi connectivity index (χ3n) is 8.87. The van der Waals surface area contributed by atoms with Gasteiger partial charge in [-0.1, -0.05) is 31.9 Å². The summed E-state index contributed by atoms with van der Waals surface area (Å²) in [5.74, 6) is 2.61. The predicted octanol–water partition coefficient (Wildman–Crippen LogP) is 5.28. The zero-order valence-corrected chi connectivity index (χ0v) is 18.4. The Morgan fingerprint density at radius 3 is 2.97 bits per heavy atom. The summed E-state index contributed by atoms with van der Waals surface area (Å²) in [4.78, 5) is 12.8. The van der Waals surface area contributed by atoms with E-state index in [1.165, 1.54) is 44.1 Å². The Labute approximate surface area is 180 Å². The molecule has 4 aliphatic rings. The molecule has 4 heteroatoms. The molecule has 5 rings (SSSR count). The van der Waals surface area contributed by atoms with Gasteiger partial charge < -0.3 is 14.5 Å². The van der Waals surface area contributed by atoms with Crippen molar-refractivity contribution < 1.29 is 13.9 Å². The third kappa shape index (κ3) is 3.77. The van der Waals surface area contributed by atoms with Gasteiger partial charge in [0.25, 0.3) is 0 Å². The van der Waals surface area contributed by atoms with Crippen molar-refractivity contribution >= 4 is 5.97 Å². The van der Waals surface area contributed by atoms with Gasteiger partial charge in [-0.15, -0.1) is 0 Å². The van der Waals surface area contributed by atoms with E-state index in [-0.39, 0.29) is 23.4 Å². The molecule has 1 aromatic rings. The Hall–Kier alpha value is -1.55. The fraction of sp³-hybridized carbons (Fsp3) is 0.731. The minimum absolute atomic E-state index is 0.000431. The molecule has 4 fully saturated rings. The van der Waals surface area contributed by atoms with E-state index in [0.717, 1.165) is 38.0 Å². The highest BCUT2D eigenvalue weighted by Gasteiger charge is 2.55. The van der Waals surface area contributed by atoms with Gasteiger partial charge in [-0.05, 0) is 74.3 Å². The van der Waals surface area contributed by atoms with E-state index in [1.807, 2.05) is 6.07 Å². The molecule has 1 aromatic heterocycles. The van der Waals surface area contributed by atoms with E-state index in [0.29, 0.717) is 23.8 Å². The summed E-state index contributed by atoms with van der Waals surface area (Å²) in [7, 11) is 0. The molecule has 0 unspecified atom stereocenters. The Morgan fingerprint density at radius 2 is 2.13 bits per heavy atom. The molecule has 0 amide bonds. The maximum absolute atomic E-state index is 12.8. The monoisotopic (exact) mass is 411 g/mol. The summed E-state index contributed by atoms with van der Waals surface area (Å²) in [5, 5.41) is 3.82. The number of rotatable bonds is 5. The highest BCUT2D eigenvalue weighted by molar-refractivity contribution is 5.75. The van der Waals surface area contributed by atoms with Crippen LogP contribution in [0, 0.1) is 29.1 Å². The fourth-order valence-electron chi connectivity index (χ4n) is 7.18. The van der Waals surface area contributed by atoms with Crippen LogP contribution in [0.2, 0.25) is 0 Å². The van der Waals surface area contributed by atoms with Crippen molar-refractivity contribution in [1.29, 1.82) is 0 Å². The van der Waals surface area contributed by atoms with Crippen LogP contribution in [0.15, 0.2) is 35.0 Å². The van der Waals surface area contributed by atoms with Crippen molar-refractivity contribution in [2.75, 3.05) is 6.54 Å². The van der Waals surface area contributed by atoms with Gasteiger partial charge in [0.2, 0.25) is 0 Å². The fourth-order valence-corrected chi connectivity index (χ4v) is 7.18. The average molecular weight is 412 g/mol. The quantitative estimate of drug-likeness (QED) is 0.529. The lowest BCUT2D eigenvalue weighted by Gasteiger charge is -2.50. The van der Waals surface area contributed by atoms with Gasteiger partial charge in [0.1, 0.15) is 11.9 Å². The van der Waals surface area contributed by atoms with Gasteiger partial charge in [-0.25, -0.2) is 0 Å². The summed E-state index contributed by atoms with van der Waals surface area (Å²) in [5.41, 5.74) is 1.69. The molecular formula is C26H37NO3. The molecule has 1 saturated heterocycles. The molecule has 0 spiro atoms. The second kappa shape index (κ2) is 8.18. The molecule has 30 heavy (non-hydrogen) atoms. The summed E-state index contributed by atoms with van der Waals surface area (Å²) in [6.07, 6.45) is 13.6. The lowest BCUT2D eigenvalue weighted by atomic mass is 9.55. The number of carbonyl (C=O) groups is 1. The second-order valence-electron chi connectivity index (χ2n) is 10.7. The van der Waals surface area contributed by atoms with Crippen LogP contribution in [0.4, 0.5) is 0 Å². The summed E-state index contributed by atoms with van der Waals surface area (Å²) in [6, 6.07) is 4.53. The van der Waals surface area contributed by atoms with Crippen LogP contribution in [0.5, 0.6) is 0 Å². The van der Waals surface area contributed by atoms with Gasteiger partial charge >= 0.3 is 5.97 Å². The summed E-state index contributed by atoms with van der Waals surface area (Å²) < 4.78 is 11.6. The van der Waals surface area contributed by atoms with Gasteiger partial charge in [0.15, 0.2) is 0 Å². The molecule has 2 heterocycles. The Kier molecular flexibility index (Phi) is 5.55. The van der Waals surface area contributed by atoms with Gasteiger partial charge in [0.05, 0.1) is 12.2 Å². The number of hydrogen-bond donors (Lipinski definition) is 1. The topological polar surface area (TPSA) is 51.5 Å². The number of fused-ring (bicyclic) bond motifs is 2. The van der Waals surface area contributed by atoms with E-state index in [4.69, 9.17) is 9.15 Å². The van der Waals surface area contributed by atoms with Crippen molar-refractivity contribution in [2.45, 2.75) is 83.3 Å². The standard InChI is InChI=1S/C26H37NO3/c1-17-7-5-11-26(2)15-24-20(14-22(17)26)21(25(28)30-24)16-27-23-10-4-3-8-18(23)13-19-9-6-12-29-19/h6,9,12,18,20-24,27H,1,3-5,7-8,10-11,13-16H2,2H3/t18-,20+,21+,22-,23+,24+,26+/m0/s1. The van der Waals surface area contributed by atoms with E-state index >= 15 is 0 Å². The van der Waals surface area contributed by atoms with Crippen LogP contribution >= 0.6 is 0 Å². The Morgan fingerprint density at radius 1 is 1.27 bits per heavy atom. The van der Waals surface area contributed by atoms with Crippen molar-refractivity contribution in [3.05, 3.63) is 36.3 Å². The molecule has 0 aromatic carbocycles. The molecule has 1 N–H and O–H groups in total. The number of allylic oxidation sites excluding steroid dienone is 1. The lowest BCUT2D eigenvalue weighted by Crippen LogP contribution is -2.47.